The van der Waals surface area contributed by atoms with Crippen LogP contribution in [-0.2, 0) is 6.54 Å². The Kier molecular flexibility index (Phi) is 4.49. The maximum absolute atomic E-state index is 9.45. The zero-order valence-electron chi connectivity index (χ0n) is 11.9. The third-order valence-corrected chi connectivity index (χ3v) is 4.97. The highest BCUT2D eigenvalue weighted by atomic mass is 35.5. The van der Waals surface area contributed by atoms with E-state index in [4.69, 9.17) is 11.6 Å². The summed E-state index contributed by atoms with van der Waals surface area (Å²) in [6, 6.07) is 6.37. The highest BCUT2D eigenvalue weighted by Crippen LogP contribution is 2.26. The highest BCUT2D eigenvalue weighted by molar-refractivity contribution is 6.32. The summed E-state index contributed by atoms with van der Waals surface area (Å²) in [5.41, 5.74) is 1.18. The first-order valence-corrected chi connectivity index (χ1v) is 8.04. The number of phenols is 1. The molecule has 3 nitrogen and oxygen atoms in total. The molecule has 1 aliphatic carbocycles. The SMILES string of the molecule is Oc1ccc(CN2CCN(C3CCCC3)CC2)cc1Cl. The van der Waals surface area contributed by atoms with Crippen molar-refractivity contribution in [1.29, 1.82) is 0 Å². The van der Waals surface area contributed by atoms with Crippen molar-refractivity contribution in [2.24, 2.45) is 0 Å². The minimum Gasteiger partial charge on any atom is -0.506 e. The van der Waals surface area contributed by atoms with Gasteiger partial charge in [-0.25, -0.2) is 0 Å². The van der Waals surface area contributed by atoms with Gasteiger partial charge in [0, 0.05) is 38.8 Å². The number of piperazine rings is 1. The molecule has 0 bridgehead atoms. The molecule has 1 saturated heterocycles. The van der Waals surface area contributed by atoms with E-state index in [9.17, 15) is 5.11 Å². The van der Waals surface area contributed by atoms with Gasteiger partial charge in [-0.15, -0.1) is 0 Å². The Morgan fingerprint density at radius 2 is 1.80 bits per heavy atom. The molecule has 2 fully saturated rings. The number of benzene rings is 1. The van der Waals surface area contributed by atoms with Gasteiger partial charge in [0.1, 0.15) is 5.75 Å². The van der Waals surface area contributed by atoms with E-state index in [2.05, 4.69) is 9.80 Å². The Balaban J connectivity index is 1.51. The average Bonchev–Trinajstić information content (AvgIpc) is 2.98. The van der Waals surface area contributed by atoms with Gasteiger partial charge in [-0.05, 0) is 30.5 Å². The fourth-order valence-corrected chi connectivity index (χ4v) is 3.67. The third kappa shape index (κ3) is 3.27. The molecule has 1 heterocycles. The van der Waals surface area contributed by atoms with Gasteiger partial charge < -0.3 is 5.11 Å². The van der Waals surface area contributed by atoms with Crippen molar-refractivity contribution >= 4 is 11.6 Å². The predicted octanol–water partition coefficient (Wildman–Crippen LogP) is 3.11. The standard InChI is InChI=1S/C16H23ClN2O/c17-15-11-13(5-6-16(15)20)12-18-7-9-19(10-8-18)14-3-1-2-4-14/h5-6,11,14,20H,1-4,7-10,12H2. The number of aromatic hydroxyl groups is 1. The van der Waals surface area contributed by atoms with Crippen LogP contribution in [0.2, 0.25) is 5.02 Å². The van der Waals surface area contributed by atoms with Crippen molar-refractivity contribution < 1.29 is 5.11 Å². The lowest BCUT2D eigenvalue weighted by molar-refractivity contribution is 0.0937. The van der Waals surface area contributed by atoms with E-state index in [1.54, 1.807) is 6.07 Å². The van der Waals surface area contributed by atoms with Crippen LogP contribution < -0.4 is 0 Å². The predicted molar refractivity (Wildman–Crippen MR) is 82.2 cm³/mol. The van der Waals surface area contributed by atoms with Gasteiger partial charge in [0.05, 0.1) is 5.02 Å². The Hall–Kier alpha value is -0.770. The van der Waals surface area contributed by atoms with E-state index in [1.807, 2.05) is 12.1 Å². The molecule has 2 aliphatic rings. The van der Waals surface area contributed by atoms with Gasteiger partial charge in [-0.1, -0.05) is 30.5 Å². The van der Waals surface area contributed by atoms with Gasteiger partial charge in [0.2, 0.25) is 0 Å². The summed E-state index contributed by atoms with van der Waals surface area (Å²) < 4.78 is 0. The van der Waals surface area contributed by atoms with E-state index in [1.165, 1.54) is 44.3 Å². The van der Waals surface area contributed by atoms with Gasteiger partial charge in [0.25, 0.3) is 0 Å². The lowest BCUT2D eigenvalue weighted by atomic mass is 10.1. The monoisotopic (exact) mass is 294 g/mol. The van der Waals surface area contributed by atoms with Crippen LogP contribution in [0.5, 0.6) is 5.75 Å². The van der Waals surface area contributed by atoms with Crippen LogP contribution >= 0.6 is 11.6 Å². The van der Waals surface area contributed by atoms with Crippen molar-refractivity contribution in [3.05, 3.63) is 28.8 Å². The van der Waals surface area contributed by atoms with E-state index in [-0.39, 0.29) is 5.75 Å². The molecule has 1 N–H and O–H groups in total. The van der Waals surface area contributed by atoms with Crippen LogP contribution in [0.3, 0.4) is 0 Å². The van der Waals surface area contributed by atoms with E-state index >= 15 is 0 Å². The molecule has 1 aromatic carbocycles. The molecule has 1 aromatic rings. The van der Waals surface area contributed by atoms with Crippen LogP contribution in [0, 0.1) is 0 Å². The second-order valence-electron chi connectivity index (χ2n) is 6.04. The maximum Gasteiger partial charge on any atom is 0.134 e. The fourth-order valence-electron chi connectivity index (χ4n) is 3.46. The molecule has 3 rings (SSSR count). The maximum atomic E-state index is 9.45. The first-order valence-electron chi connectivity index (χ1n) is 7.66. The molecule has 0 unspecified atom stereocenters. The summed E-state index contributed by atoms with van der Waals surface area (Å²) in [5.74, 6) is 0.168. The summed E-state index contributed by atoms with van der Waals surface area (Å²) in [7, 11) is 0. The van der Waals surface area contributed by atoms with Gasteiger partial charge in [0.15, 0.2) is 0 Å². The number of halogens is 1. The molecule has 0 radical (unpaired) electrons. The normalized spacial score (nSPS) is 22.4. The Morgan fingerprint density at radius 1 is 1.10 bits per heavy atom. The average molecular weight is 295 g/mol. The summed E-state index contributed by atoms with van der Waals surface area (Å²) in [6.45, 7) is 5.58. The van der Waals surface area contributed by atoms with Crippen LogP contribution in [0.4, 0.5) is 0 Å². The van der Waals surface area contributed by atoms with Gasteiger partial charge in [-0.2, -0.15) is 0 Å². The second-order valence-corrected chi connectivity index (χ2v) is 6.44. The minimum atomic E-state index is 0.168. The van der Waals surface area contributed by atoms with Crippen LogP contribution in [-0.4, -0.2) is 47.1 Å². The molecule has 0 amide bonds. The van der Waals surface area contributed by atoms with E-state index < -0.39 is 0 Å². The molecule has 0 aromatic heterocycles. The first-order chi connectivity index (χ1) is 9.72. The summed E-state index contributed by atoms with van der Waals surface area (Å²) in [4.78, 5) is 5.15. The molecule has 1 aliphatic heterocycles. The number of phenolic OH excluding ortho intramolecular Hbond substituents is 1. The fraction of sp³-hybridized carbons (Fsp3) is 0.625. The van der Waals surface area contributed by atoms with Crippen LogP contribution in [0.15, 0.2) is 18.2 Å². The molecule has 110 valence electrons. The Morgan fingerprint density at radius 3 is 2.45 bits per heavy atom. The topological polar surface area (TPSA) is 26.7 Å². The molecule has 1 saturated carbocycles. The summed E-state index contributed by atoms with van der Waals surface area (Å²) >= 11 is 5.96. The molecule has 0 atom stereocenters. The van der Waals surface area contributed by atoms with Crippen molar-refractivity contribution in [1.82, 2.24) is 9.80 Å². The Bertz CT molecular complexity index is 452. The molecule has 0 spiro atoms. The smallest absolute Gasteiger partial charge is 0.134 e. The van der Waals surface area contributed by atoms with Crippen molar-refractivity contribution in [3.63, 3.8) is 0 Å². The lowest BCUT2D eigenvalue weighted by Gasteiger charge is -2.38. The summed E-state index contributed by atoms with van der Waals surface area (Å²) in [6.07, 6.45) is 5.62. The highest BCUT2D eigenvalue weighted by Gasteiger charge is 2.25. The van der Waals surface area contributed by atoms with Crippen molar-refractivity contribution in [2.75, 3.05) is 26.2 Å². The molecule has 4 heteroatoms. The molecular weight excluding hydrogens is 272 g/mol. The van der Waals surface area contributed by atoms with Crippen LogP contribution in [0.1, 0.15) is 31.2 Å². The van der Waals surface area contributed by atoms with Gasteiger partial charge >= 0.3 is 0 Å². The number of hydrogen-bond acceptors (Lipinski definition) is 3. The van der Waals surface area contributed by atoms with Crippen LogP contribution in [0.25, 0.3) is 0 Å². The number of hydrogen-bond donors (Lipinski definition) is 1. The quantitative estimate of drug-likeness (QED) is 0.928. The first kappa shape index (κ1) is 14.2. The van der Waals surface area contributed by atoms with Crippen molar-refractivity contribution in [2.45, 2.75) is 38.3 Å². The second kappa shape index (κ2) is 6.33. The van der Waals surface area contributed by atoms with Gasteiger partial charge in [-0.3, -0.25) is 9.80 Å². The van der Waals surface area contributed by atoms with Crippen molar-refractivity contribution in [3.8, 4) is 5.75 Å². The largest absolute Gasteiger partial charge is 0.506 e. The molecular formula is C16H23ClN2O. The third-order valence-electron chi connectivity index (χ3n) is 4.67. The zero-order valence-corrected chi connectivity index (χ0v) is 12.6. The number of rotatable bonds is 3. The lowest BCUT2D eigenvalue weighted by Crippen LogP contribution is -2.49. The van der Waals surface area contributed by atoms with E-state index in [0.29, 0.717) is 5.02 Å². The molecule has 20 heavy (non-hydrogen) atoms. The zero-order chi connectivity index (χ0) is 13.9. The van der Waals surface area contributed by atoms with E-state index in [0.717, 1.165) is 25.7 Å². The minimum absolute atomic E-state index is 0.168. The Labute approximate surface area is 126 Å². The summed E-state index contributed by atoms with van der Waals surface area (Å²) in [5, 5.41) is 9.90. The number of nitrogens with zero attached hydrogens (tertiary/aromatic N) is 2.